The van der Waals surface area contributed by atoms with Crippen molar-refractivity contribution >= 4 is 42.8 Å². The van der Waals surface area contributed by atoms with Crippen molar-refractivity contribution in [2.45, 2.75) is 0 Å². The fourth-order valence-electron chi connectivity index (χ4n) is 7.63. The summed E-state index contributed by atoms with van der Waals surface area (Å²) in [4.78, 5) is 25.8. The molecule has 11 rings (SSSR count). The van der Waals surface area contributed by atoms with Gasteiger partial charge in [-0.2, -0.15) is 0 Å². The Kier molecular flexibility index (Phi) is 8.60. The number of nitrogens with zero attached hydrogens (tertiary/aromatic N) is 5. The van der Waals surface area contributed by atoms with Gasteiger partial charge in [0.1, 0.15) is 10.3 Å². The van der Waals surface area contributed by atoms with Gasteiger partial charge in [-0.25, -0.2) is 24.9 Å². The van der Waals surface area contributed by atoms with E-state index in [-0.39, 0.29) is 0 Å². The molecular weight excluding hydrogens is 739 g/mol. The lowest BCUT2D eigenvalue weighted by Gasteiger charge is -2.10. The highest BCUT2D eigenvalue weighted by atomic mass is 32.1. The molecule has 6 heteroatoms. The summed E-state index contributed by atoms with van der Waals surface area (Å²) in [6.45, 7) is 0. The molecule has 0 radical (unpaired) electrons. The van der Waals surface area contributed by atoms with Crippen LogP contribution in [0.4, 0.5) is 0 Å². The first-order valence-electron chi connectivity index (χ1n) is 19.6. The molecule has 3 aromatic heterocycles. The summed E-state index contributed by atoms with van der Waals surface area (Å²) >= 11 is 1.69. The fraction of sp³-hybridized carbons (Fsp3) is 0. The molecule has 0 aliphatic carbocycles. The largest absolute Gasteiger partial charge is 0.243 e. The van der Waals surface area contributed by atoms with Crippen LogP contribution in [0.2, 0.25) is 0 Å². The predicted octanol–water partition coefficient (Wildman–Crippen LogP) is 13.9. The number of thiophene rings is 1. The van der Waals surface area contributed by atoms with Gasteiger partial charge in [0.25, 0.3) is 0 Å². The van der Waals surface area contributed by atoms with E-state index in [0.717, 1.165) is 82.4 Å². The van der Waals surface area contributed by atoms with Gasteiger partial charge in [-0.15, -0.1) is 11.3 Å². The number of rotatable bonds is 7. The van der Waals surface area contributed by atoms with Crippen LogP contribution >= 0.6 is 11.3 Å². The minimum atomic E-state index is 0.635. The number of hydrogen-bond acceptors (Lipinski definition) is 6. The Morgan fingerprint density at radius 1 is 0.271 bits per heavy atom. The lowest BCUT2D eigenvalue weighted by molar-refractivity contribution is 1.07. The molecule has 59 heavy (non-hydrogen) atoms. The highest BCUT2D eigenvalue weighted by molar-refractivity contribution is 7.25. The lowest BCUT2D eigenvalue weighted by atomic mass is 9.97. The van der Waals surface area contributed by atoms with Crippen LogP contribution in [0.1, 0.15) is 0 Å². The van der Waals surface area contributed by atoms with E-state index >= 15 is 0 Å². The summed E-state index contributed by atoms with van der Waals surface area (Å²) in [6, 6.07) is 69.6. The van der Waals surface area contributed by atoms with Gasteiger partial charge in [0.2, 0.25) is 0 Å². The molecule has 0 bridgehead atoms. The minimum Gasteiger partial charge on any atom is -0.243 e. The van der Waals surface area contributed by atoms with Crippen molar-refractivity contribution in [3.05, 3.63) is 200 Å². The molecule has 0 saturated carbocycles. The Morgan fingerprint density at radius 2 is 0.644 bits per heavy atom. The number of benzene rings is 8. The van der Waals surface area contributed by atoms with Gasteiger partial charge >= 0.3 is 0 Å². The Balaban J connectivity index is 0.838. The molecule has 0 N–H and O–H groups in total. The van der Waals surface area contributed by atoms with Crippen LogP contribution in [0.3, 0.4) is 0 Å². The van der Waals surface area contributed by atoms with Gasteiger partial charge in [-0.05, 0) is 62.7 Å². The summed E-state index contributed by atoms with van der Waals surface area (Å²) < 4.78 is 1.21. The third-order valence-corrected chi connectivity index (χ3v) is 11.9. The highest BCUT2D eigenvalue weighted by Gasteiger charge is 2.14. The monoisotopic (exact) mass is 771 g/mol. The maximum absolute atomic E-state index is 5.05. The summed E-state index contributed by atoms with van der Waals surface area (Å²) in [5.74, 6) is 1.92. The molecule has 276 valence electrons. The van der Waals surface area contributed by atoms with Crippen LogP contribution in [-0.2, 0) is 0 Å². The van der Waals surface area contributed by atoms with Crippen molar-refractivity contribution in [2.24, 2.45) is 0 Å². The highest BCUT2D eigenvalue weighted by Crippen LogP contribution is 2.35. The van der Waals surface area contributed by atoms with Crippen molar-refractivity contribution in [3.8, 4) is 78.7 Å². The van der Waals surface area contributed by atoms with E-state index in [1.54, 1.807) is 11.3 Å². The van der Waals surface area contributed by atoms with Crippen molar-refractivity contribution < 1.29 is 0 Å². The molecule has 11 aromatic rings. The summed E-state index contributed by atoms with van der Waals surface area (Å²) in [5.41, 5.74) is 14.8. The maximum atomic E-state index is 5.05. The van der Waals surface area contributed by atoms with Gasteiger partial charge in [0, 0.05) is 26.8 Å². The first-order chi connectivity index (χ1) is 29.2. The van der Waals surface area contributed by atoms with E-state index in [1.807, 2.05) is 36.4 Å². The quantitative estimate of drug-likeness (QED) is 0.161. The molecule has 0 atom stereocenters. The van der Waals surface area contributed by atoms with E-state index in [0.29, 0.717) is 17.5 Å². The summed E-state index contributed by atoms with van der Waals surface area (Å²) in [7, 11) is 0. The SMILES string of the molecule is c1ccc(-c2ccc(-c3nc(-c4ccccc4)nc(-c4ccc(-c5ccc(-c6ccc(-c7ccc8nc9sc%10ccccc%10c9nc8c7)cc6)cc5)cc4)n3)cc2)cc1. The minimum absolute atomic E-state index is 0.635. The molecular formula is C53H33N5S. The van der Waals surface area contributed by atoms with Crippen molar-refractivity contribution in [3.63, 3.8) is 0 Å². The predicted molar refractivity (Wildman–Crippen MR) is 244 cm³/mol. The summed E-state index contributed by atoms with van der Waals surface area (Å²) in [6.07, 6.45) is 0. The van der Waals surface area contributed by atoms with E-state index in [9.17, 15) is 0 Å². The van der Waals surface area contributed by atoms with E-state index < -0.39 is 0 Å². The zero-order chi connectivity index (χ0) is 39.1. The van der Waals surface area contributed by atoms with E-state index in [2.05, 4.69) is 164 Å². The molecule has 0 spiro atoms. The van der Waals surface area contributed by atoms with E-state index in [1.165, 1.54) is 10.3 Å². The van der Waals surface area contributed by atoms with Crippen molar-refractivity contribution in [1.82, 2.24) is 24.9 Å². The lowest BCUT2D eigenvalue weighted by Crippen LogP contribution is -2.00. The molecule has 5 nitrogen and oxygen atoms in total. The number of hydrogen-bond donors (Lipinski definition) is 0. The van der Waals surface area contributed by atoms with Crippen LogP contribution in [0, 0.1) is 0 Å². The molecule has 0 aliphatic rings. The molecule has 0 amide bonds. The van der Waals surface area contributed by atoms with Crippen LogP contribution < -0.4 is 0 Å². The van der Waals surface area contributed by atoms with Gasteiger partial charge < -0.3 is 0 Å². The standard InChI is InChI=1S/C53H33N5S/c1-3-9-34(10-4-1)35-23-27-42(28-24-35)51-56-50(41-11-5-2-6-12-41)57-52(58-51)43-29-25-39(26-30-43)37-17-15-36(16-18-37)38-19-21-40(22-20-38)44-31-32-46-47(33-44)54-49-45-13-7-8-14-48(45)59-53(49)55-46/h1-33H. The summed E-state index contributed by atoms with van der Waals surface area (Å²) in [5, 5.41) is 1.16. The van der Waals surface area contributed by atoms with Gasteiger partial charge in [-0.1, -0.05) is 182 Å². The molecule has 8 aromatic carbocycles. The Bertz CT molecular complexity index is 3270. The smallest absolute Gasteiger partial charge is 0.164 e. The topological polar surface area (TPSA) is 64.5 Å². The average molecular weight is 772 g/mol. The second-order valence-electron chi connectivity index (χ2n) is 14.5. The van der Waals surface area contributed by atoms with Crippen LogP contribution in [0.15, 0.2) is 200 Å². The normalized spacial score (nSPS) is 11.4. The molecule has 0 unspecified atom stereocenters. The molecule has 0 saturated heterocycles. The zero-order valence-electron chi connectivity index (χ0n) is 31.7. The maximum Gasteiger partial charge on any atom is 0.164 e. The molecule has 0 fully saturated rings. The second kappa shape index (κ2) is 14.7. The van der Waals surface area contributed by atoms with Crippen molar-refractivity contribution in [1.29, 1.82) is 0 Å². The molecule has 0 aliphatic heterocycles. The number of aromatic nitrogens is 5. The van der Waals surface area contributed by atoms with Gasteiger partial charge in [0.15, 0.2) is 17.5 Å². The van der Waals surface area contributed by atoms with E-state index in [4.69, 9.17) is 24.9 Å². The fourth-order valence-corrected chi connectivity index (χ4v) is 8.66. The van der Waals surface area contributed by atoms with Gasteiger partial charge in [-0.3, -0.25) is 0 Å². The molecule has 3 heterocycles. The Hall–Kier alpha value is -7.67. The van der Waals surface area contributed by atoms with Crippen LogP contribution in [0.25, 0.3) is 110 Å². The number of fused-ring (bicyclic) bond motifs is 4. The second-order valence-corrected chi connectivity index (χ2v) is 15.6. The van der Waals surface area contributed by atoms with Crippen LogP contribution in [0.5, 0.6) is 0 Å². The third-order valence-electron chi connectivity index (χ3n) is 10.8. The first-order valence-corrected chi connectivity index (χ1v) is 20.4. The Labute approximate surface area is 345 Å². The van der Waals surface area contributed by atoms with Gasteiger partial charge in [0.05, 0.1) is 11.0 Å². The Morgan fingerprint density at radius 3 is 1.15 bits per heavy atom. The average Bonchev–Trinajstić information content (AvgIpc) is 3.68. The first kappa shape index (κ1) is 34.6. The third kappa shape index (κ3) is 6.71. The zero-order valence-corrected chi connectivity index (χ0v) is 32.5. The van der Waals surface area contributed by atoms with Crippen LogP contribution in [-0.4, -0.2) is 24.9 Å². The van der Waals surface area contributed by atoms with Crippen molar-refractivity contribution in [2.75, 3.05) is 0 Å².